The van der Waals surface area contributed by atoms with Gasteiger partial charge in [-0.25, -0.2) is 0 Å². The summed E-state index contributed by atoms with van der Waals surface area (Å²) in [5, 5.41) is 0.971. The van der Waals surface area contributed by atoms with Crippen molar-refractivity contribution in [3.05, 3.63) is 28.8 Å². The lowest BCUT2D eigenvalue weighted by Crippen LogP contribution is -2.31. The first-order valence-corrected chi connectivity index (χ1v) is 6.59. The third-order valence-electron chi connectivity index (χ3n) is 3.58. The third-order valence-corrected chi connectivity index (χ3v) is 4.06. The number of hydrogen-bond donors (Lipinski definition) is 0. The summed E-state index contributed by atoms with van der Waals surface area (Å²) in [7, 11) is 0. The maximum absolute atomic E-state index is 5.53. The predicted molar refractivity (Wildman–Crippen MR) is 77.8 cm³/mol. The van der Waals surface area contributed by atoms with E-state index in [0.717, 1.165) is 24.7 Å². The molecule has 0 bridgehead atoms. The number of anilines is 1. The summed E-state index contributed by atoms with van der Waals surface area (Å²) < 4.78 is 0. The third kappa shape index (κ3) is 2.16. The highest BCUT2D eigenvalue weighted by Gasteiger charge is 2.25. The van der Waals surface area contributed by atoms with Gasteiger partial charge in [0.2, 0.25) is 0 Å². The number of hydrogen-bond acceptors (Lipinski definition) is 1. The van der Waals surface area contributed by atoms with Gasteiger partial charge in [-0.15, -0.1) is 0 Å². The molecule has 1 aromatic carbocycles. The predicted octanol–water partition coefficient (Wildman–Crippen LogP) is 3.04. The second kappa shape index (κ2) is 4.65. The van der Waals surface area contributed by atoms with E-state index in [1.54, 1.807) is 0 Å². The number of benzene rings is 1. The van der Waals surface area contributed by atoms with Gasteiger partial charge in [-0.3, -0.25) is 0 Å². The Labute approximate surface area is 109 Å². The van der Waals surface area contributed by atoms with Crippen LogP contribution in [0.25, 0.3) is 0 Å². The molecule has 2 nitrogen and oxygen atoms in total. The average molecular weight is 248 g/mol. The monoisotopic (exact) mass is 248 g/mol. The van der Waals surface area contributed by atoms with E-state index in [0.29, 0.717) is 0 Å². The SMILES string of the molecule is CCN1CCN(c2cc(C)c(C)cc2C)C1=S. The lowest BCUT2D eigenvalue weighted by molar-refractivity contribution is 0.496. The van der Waals surface area contributed by atoms with Gasteiger partial charge in [0.05, 0.1) is 0 Å². The molecule has 17 heavy (non-hydrogen) atoms. The van der Waals surface area contributed by atoms with E-state index in [4.69, 9.17) is 12.2 Å². The van der Waals surface area contributed by atoms with E-state index in [2.05, 4.69) is 49.6 Å². The Morgan fingerprint density at radius 1 is 1.06 bits per heavy atom. The van der Waals surface area contributed by atoms with Gasteiger partial charge in [0.15, 0.2) is 5.11 Å². The lowest BCUT2D eigenvalue weighted by Gasteiger charge is -2.23. The van der Waals surface area contributed by atoms with Gasteiger partial charge in [0.25, 0.3) is 0 Å². The molecule has 0 aliphatic carbocycles. The molecule has 1 saturated heterocycles. The molecular weight excluding hydrogens is 228 g/mol. The van der Waals surface area contributed by atoms with Crippen molar-refractivity contribution in [2.75, 3.05) is 24.5 Å². The molecule has 0 unspecified atom stereocenters. The average Bonchev–Trinajstić information content (AvgIpc) is 2.65. The first-order valence-electron chi connectivity index (χ1n) is 6.19. The normalized spacial score (nSPS) is 15.9. The van der Waals surface area contributed by atoms with Crippen molar-refractivity contribution in [3.63, 3.8) is 0 Å². The topological polar surface area (TPSA) is 6.48 Å². The molecule has 1 aromatic rings. The molecule has 2 rings (SSSR count). The van der Waals surface area contributed by atoms with Crippen LogP contribution in [0.3, 0.4) is 0 Å². The van der Waals surface area contributed by atoms with Crippen LogP contribution in [0.5, 0.6) is 0 Å². The fraction of sp³-hybridized carbons (Fsp3) is 0.500. The molecule has 3 heteroatoms. The number of likely N-dealkylation sites (N-methyl/N-ethyl adjacent to an activating group) is 1. The summed E-state index contributed by atoms with van der Waals surface area (Å²) in [5.41, 5.74) is 5.27. The highest BCUT2D eigenvalue weighted by molar-refractivity contribution is 7.80. The summed E-state index contributed by atoms with van der Waals surface area (Å²) in [6.07, 6.45) is 0. The van der Waals surface area contributed by atoms with E-state index >= 15 is 0 Å². The minimum absolute atomic E-state index is 0.971. The van der Waals surface area contributed by atoms with E-state index in [-0.39, 0.29) is 0 Å². The molecule has 0 N–H and O–H groups in total. The van der Waals surface area contributed by atoms with Gasteiger partial charge in [-0.05, 0) is 62.7 Å². The summed E-state index contributed by atoms with van der Waals surface area (Å²) in [5.74, 6) is 0. The quantitative estimate of drug-likeness (QED) is 0.743. The van der Waals surface area contributed by atoms with Crippen LogP contribution in [0, 0.1) is 20.8 Å². The zero-order valence-electron chi connectivity index (χ0n) is 11.1. The first-order chi connectivity index (χ1) is 8.04. The zero-order chi connectivity index (χ0) is 12.6. The first kappa shape index (κ1) is 12.4. The van der Waals surface area contributed by atoms with Crippen molar-refractivity contribution in [1.82, 2.24) is 4.90 Å². The fourth-order valence-electron chi connectivity index (χ4n) is 2.34. The molecule has 0 amide bonds. The van der Waals surface area contributed by atoms with Crippen molar-refractivity contribution < 1.29 is 0 Å². The van der Waals surface area contributed by atoms with Crippen molar-refractivity contribution in [3.8, 4) is 0 Å². The Morgan fingerprint density at radius 3 is 2.29 bits per heavy atom. The second-order valence-corrected chi connectivity index (χ2v) is 5.10. The molecular formula is C14H20N2S. The number of rotatable bonds is 2. The minimum Gasteiger partial charge on any atom is -0.347 e. The Morgan fingerprint density at radius 2 is 1.71 bits per heavy atom. The Bertz CT molecular complexity index is 454. The molecule has 1 aliphatic heterocycles. The van der Waals surface area contributed by atoms with E-state index in [1.165, 1.54) is 22.4 Å². The largest absolute Gasteiger partial charge is 0.347 e. The van der Waals surface area contributed by atoms with Gasteiger partial charge < -0.3 is 9.80 Å². The highest BCUT2D eigenvalue weighted by atomic mass is 32.1. The standard InChI is InChI=1S/C14H20N2S/c1-5-15-6-7-16(14(15)17)13-9-11(3)10(2)8-12(13)4/h8-9H,5-7H2,1-4H3. The van der Waals surface area contributed by atoms with Gasteiger partial charge >= 0.3 is 0 Å². The summed E-state index contributed by atoms with van der Waals surface area (Å²) >= 11 is 5.53. The van der Waals surface area contributed by atoms with Gasteiger partial charge in [0.1, 0.15) is 0 Å². The van der Waals surface area contributed by atoms with E-state index in [9.17, 15) is 0 Å². The van der Waals surface area contributed by atoms with Crippen LogP contribution >= 0.6 is 12.2 Å². The molecule has 0 saturated carbocycles. The maximum atomic E-state index is 5.53. The number of thiocarbonyl (C=S) groups is 1. The van der Waals surface area contributed by atoms with Crippen molar-refractivity contribution in [1.29, 1.82) is 0 Å². The molecule has 0 spiro atoms. The van der Waals surface area contributed by atoms with Gasteiger partial charge in [-0.2, -0.15) is 0 Å². The van der Waals surface area contributed by atoms with Crippen molar-refractivity contribution >= 4 is 23.0 Å². The van der Waals surface area contributed by atoms with Crippen LogP contribution in [-0.4, -0.2) is 29.6 Å². The maximum Gasteiger partial charge on any atom is 0.176 e. The molecule has 1 aliphatic rings. The molecule has 1 heterocycles. The molecule has 1 fully saturated rings. The van der Waals surface area contributed by atoms with Crippen LogP contribution < -0.4 is 4.90 Å². The van der Waals surface area contributed by atoms with E-state index in [1.807, 2.05) is 0 Å². The number of aryl methyl sites for hydroxylation is 3. The molecule has 0 radical (unpaired) electrons. The lowest BCUT2D eigenvalue weighted by atomic mass is 10.0. The second-order valence-electron chi connectivity index (χ2n) is 4.74. The fourth-order valence-corrected chi connectivity index (χ4v) is 2.75. The minimum atomic E-state index is 0.971. The molecule has 0 aromatic heterocycles. The van der Waals surface area contributed by atoms with Crippen molar-refractivity contribution in [2.45, 2.75) is 27.7 Å². The Balaban J connectivity index is 2.36. The van der Waals surface area contributed by atoms with Crippen LogP contribution in [0.4, 0.5) is 5.69 Å². The Kier molecular flexibility index (Phi) is 3.38. The Hall–Kier alpha value is -1.09. The van der Waals surface area contributed by atoms with Crippen molar-refractivity contribution in [2.24, 2.45) is 0 Å². The van der Waals surface area contributed by atoms with Crippen LogP contribution in [0.2, 0.25) is 0 Å². The number of nitrogens with zero attached hydrogens (tertiary/aromatic N) is 2. The summed E-state index contributed by atoms with van der Waals surface area (Å²) in [6, 6.07) is 4.51. The molecule has 92 valence electrons. The van der Waals surface area contributed by atoms with Gasteiger partial charge in [0, 0.05) is 25.3 Å². The van der Waals surface area contributed by atoms with Crippen LogP contribution in [-0.2, 0) is 0 Å². The summed E-state index contributed by atoms with van der Waals surface area (Å²) in [6.45, 7) is 11.7. The van der Waals surface area contributed by atoms with E-state index < -0.39 is 0 Å². The van der Waals surface area contributed by atoms with Crippen LogP contribution in [0.15, 0.2) is 12.1 Å². The summed E-state index contributed by atoms with van der Waals surface area (Å²) in [4.78, 5) is 4.52. The highest BCUT2D eigenvalue weighted by Crippen LogP contribution is 2.27. The zero-order valence-corrected chi connectivity index (χ0v) is 11.9. The van der Waals surface area contributed by atoms with Gasteiger partial charge in [-0.1, -0.05) is 6.07 Å². The van der Waals surface area contributed by atoms with Crippen LogP contribution in [0.1, 0.15) is 23.6 Å². The molecule has 0 atom stereocenters. The smallest absolute Gasteiger partial charge is 0.176 e.